The standard InChI is InChI=1S/C14H10BrNO5/c1-8-2-5-12(11(6-8)16(19)20)21-13-7-9(14(17)18)3-4-10(13)15/h2-7H,1H3,(H,17,18). The molecule has 0 spiro atoms. The maximum Gasteiger partial charge on any atom is 0.335 e. The van der Waals surface area contributed by atoms with Gasteiger partial charge in [0.15, 0.2) is 0 Å². The zero-order chi connectivity index (χ0) is 15.6. The zero-order valence-corrected chi connectivity index (χ0v) is 12.5. The Balaban J connectivity index is 2.45. The van der Waals surface area contributed by atoms with Crippen LogP contribution in [0.15, 0.2) is 40.9 Å². The van der Waals surface area contributed by atoms with Gasteiger partial charge >= 0.3 is 11.7 Å². The Labute approximate surface area is 128 Å². The second-order valence-electron chi connectivity index (χ2n) is 4.28. The van der Waals surface area contributed by atoms with Crippen LogP contribution in [-0.4, -0.2) is 16.0 Å². The molecule has 2 aromatic carbocycles. The molecule has 0 aliphatic rings. The average Bonchev–Trinajstić information content (AvgIpc) is 2.42. The number of nitrogens with zero attached hydrogens (tertiary/aromatic N) is 1. The lowest BCUT2D eigenvalue weighted by Gasteiger charge is -2.09. The molecule has 1 N–H and O–H groups in total. The van der Waals surface area contributed by atoms with Crippen molar-refractivity contribution in [2.24, 2.45) is 0 Å². The van der Waals surface area contributed by atoms with E-state index < -0.39 is 10.9 Å². The molecule has 0 aliphatic carbocycles. The van der Waals surface area contributed by atoms with E-state index in [9.17, 15) is 14.9 Å². The van der Waals surface area contributed by atoms with Crippen molar-refractivity contribution in [1.82, 2.24) is 0 Å². The molecule has 2 aromatic rings. The third-order valence-corrected chi connectivity index (χ3v) is 3.36. The van der Waals surface area contributed by atoms with Gasteiger partial charge in [0.1, 0.15) is 5.75 Å². The van der Waals surface area contributed by atoms with Crippen LogP contribution in [0.25, 0.3) is 0 Å². The lowest BCUT2D eigenvalue weighted by molar-refractivity contribution is -0.385. The van der Waals surface area contributed by atoms with Crippen LogP contribution >= 0.6 is 15.9 Å². The van der Waals surface area contributed by atoms with Gasteiger partial charge in [-0.05, 0) is 52.7 Å². The topological polar surface area (TPSA) is 89.7 Å². The van der Waals surface area contributed by atoms with Gasteiger partial charge in [0.05, 0.1) is 15.0 Å². The van der Waals surface area contributed by atoms with Gasteiger partial charge in [0.2, 0.25) is 5.75 Å². The molecule has 21 heavy (non-hydrogen) atoms. The van der Waals surface area contributed by atoms with E-state index in [4.69, 9.17) is 9.84 Å². The van der Waals surface area contributed by atoms with Crippen molar-refractivity contribution in [2.45, 2.75) is 6.92 Å². The number of carbonyl (C=O) groups is 1. The lowest BCUT2D eigenvalue weighted by Crippen LogP contribution is -1.98. The van der Waals surface area contributed by atoms with Crippen LogP contribution in [0, 0.1) is 17.0 Å². The van der Waals surface area contributed by atoms with Crippen molar-refractivity contribution in [3.8, 4) is 11.5 Å². The summed E-state index contributed by atoms with van der Waals surface area (Å²) in [5.74, 6) is -0.860. The Kier molecular flexibility index (Phi) is 4.23. The molecule has 0 saturated heterocycles. The highest BCUT2D eigenvalue weighted by Crippen LogP contribution is 2.36. The normalized spacial score (nSPS) is 10.2. The first kappa shape index (κ1) is 15.0. The highest BCUT2D eigenvalue weighted by molar-refractivity contribution is 9.10. The summed E-state index contributed by atoms with van der Waals surface area (Å²) in [4.78, 5) is 21.5. The van der Waals surface area contributed by atoms with Gasteiger partial charge in [0.25, 0.3) is 0 Å². The molecule has 0 bridgehead atoms. The van der Waals surface area contributed by atoms with Crippen molar-refractivity contribution in [1.29, 1.82) is 0 Å². The molecule has 0 atom stereocenters. The lowest BCUT2D eigenvalue weighted by atomic mass is 10.2. The fourth-order valence-corrected chi connectivity index (χ4v) is 2.02. The Hall–Kier alpha value is -2.41. The summed E-state index contributed by atoms with van der Waals surface area (Å²) in [6.07, 6.45) is 0. The highest BCUT2D eigenvalue weighted by Gasteiger charge is 2.17. The molecule has 0 radical (unpaired) electrons. The fraction of sp³-hybridized carbons (Fsp3) is 0.0714. The van der Waals surface area contributed by atoms with E-state index in [2.05, 4.69) is 15.9 Å². The molecule has 0 aliphatic heterocycles. The second kappa shape index (κ2) is 5.92. The Morgan fingerprint density at radius 3 is 2.57 bits per heavy atom. The summed E-state index contributed by atoms with van der Waals surface area (Å²) >= 11 is 3.23. The second-order valence-corrected chi connectivity index (χ2v) is 5.14. The number of hydrogen-bond acceptors (Lipinski definition) is 4. The largest absolute Gasteiger partial charge is 0.478 e. The maximum atomic E-state index is 11.0. The molecule has 0 heterocycles. The molecule has 0 amide bonds. The number of nitro groups is 1. The number of hydrogen-bond donors (Lipinski definition) is 1. The molecule has 6 nitrogen and oxygen atoms in total. The van der Waals surface area contributed by atoms with Gasteiger partial charge in [-0.15, -0.1) is 0 Å². The van der Waals surface area contributed by atoms with Crippen LogP contribution in [0.4, 0.5) is 5.69 Å². The SMILES string of the molecule is Cc1ccc(Oc2cc(C(=O)O)ccc2Br)c([N+](=O)[O-])c1. The van der Waals surface area contributed by atoms with Gasteiger partial charge in [0, 0.05) is 6.07 Å². The minimum atomic E-state index is -1.11. The van der Waals surface area contributed by atoms with E-state index >= 15 is 0 Å². The highest BCUT2D eigenvalue weighted by atomic mass is 79.9. The Bertz CT molecular complexity index is 729. The predicted molar refractivity (Wildman–Crippen MR) is 79.0 cm³/mol. The number of halogens is 1. The average molecular weight is 352 g/mol. The first-order valence-electron chi connectivity index (χ1n) is 5.84. The van der Waals surface area contributed by atoms with E-state index in [1.165, 1.54) is 30.3 Å². The number of aryl methyl sites for hydroxylation is 1. The Morgan fingerprint density at radius 2 is 1.95 bits per heavy atom. The van der Waals surface area contributed by atoms with E-state index in [0.29, 0.717) is 4.47 Å². The predicted octanol–water partition coefficient (Wildman–Crippen LogP) is 4.16. The molecule has 0 aromatic heterocycles. The number of carboxylic acid groups (broad SMARTS) is 1. The van der Waals surface area contributed by atoms with Crippen LogP contribution < -0.4 is 4.74 Å². The van der Waals surface area contributed by atoms with Crippen LogP contribution in [0.1, 0.15) is 15.9 Å². The van der Waals surface area contributed by atoms with Gasteiger partial charge in [-0.25, -0.2) is 4.79 Å². The van der Waals surface area contributed by atoms with Crippen LogP contribution in [0.5, 0.6) is 11.5 Å². The summed E-state index contributed by atoms with van der Waals surface area (Å²) in [6.45, 7) is 1.73. The number of nitro benzene ring substituents is 1. The van der Waals surface area contributed by atoms with Crippen molar-refractivity contribution in [3.05, 3.63) is 62.1 Å². The number of benzene rings is 2. The molecule has 2 rings (SSSR count). The quantitative estimate of drug-likeness (QED) is 0.659. The summed E-state index contributed by atoms with van der Waals surface area (Å²) in [5, 5.41) is 20.0. The summed E-state index contributed by atoms with van der Waals surface area (Å²) in [5.41, 5.74) is 0.581. The van der Waals surface area contributed by atoms with Crippen molar-refractivity contribution < 1.29 is 19.6 Å². The molecule has 7 heteroatoms. The van der Waals surface area contributed by atoms with E-state index in [1.807, 2.05) is 0 Å². The molecule has 0 unspecified atom stereocenters. The minimum Gasteiger partial charge on any atom is -0.478 e. The van der Waals surface area contributed by atoms with Crippen molar-refractivity contribution >= 4 is 27.6 Å². The van der Waals surface area contributed by atoms with E-state index in [1.54, 1.807) is 13.0 Å². The van der Waals surface area contributed by atoms with E-state index in [0.717, 1.165) is 5.56 Å². The van der Waals surface area contributed by atoms with Gasteiger partial charge in [-0.1, -0.05) is 6.07 Å². The van der Waals surface area contributed by atoms with Crippen LogP contribution in [0.2, 0.25) is 0 Å². The fourth-order valence-electron chi connectivity index (χ4n) is 1.69. The van der Waals surface area contributed by atoms with Crippen LogP contribution in [0.3, 0.4) is 0 Å². The number of rotatable bonds is 4. The maximum absolute atomic E-state index is 11.0. The third kappa shape index (κ3) is 3.38. The number of aromatic carboxylic acids is 1. The zero-order valence-electron chi connectivity index (χ0n) is 10.9. The third-order valence-electron chi connectivity index (χ3n) is 2.71. The van der Waals surface area contributed by atoms with Crippen molar-refractivity contribution in [2.75, 3.05) is 0 Å². The van der Waals surface area contributed by atoms with Crippen molar-refractivity contribution in [3.63, 3.8) is 0 Å². The molecule has 0 saturated carbocycles. The van der Waals surface area contributed by atoms with Gasteiger partial charge < -0.3 is 9.84 Å². The van der Waals surface area contributed by atoms with Crippen LogP contribution in [-0.2, 0) is 0 Å². The molecule has 108 valence electrons. The monoisotopic (exact) mass is 351 g/mol. The van der Waals surface area contributed by atoms with Gasteiger partial charge in [-0.3, -0.25) is 10.1 Å². The van der Waals surface area contributed by atoms with Gasteiger partial charge in [-0.2, -0.15) is 0 Å². The smallest absolute Gasteiger partial charge is 0.335 e. The number of ether oxygens (including phenoxy) is 1. The first-order chi connectivity index (χ1) is 9.88. The minimum absolute atomic E-state index is 0.0305. The summed E-state index contributed by atoms with van der Waals surface area (Å²) in [7, 11) is 0. The molecular formula is C14H10BrNO5. The summed E-state index contributed by atoms with van der Waals surface area (Å²) < 4.78 is 6.00. The summed E-state index contributed by atoms with van der Waals surface area (Å²) in [6, 6.07) is 8.77. The molecule has 0 fully saturated rings. The van der Waals surface area contributed by atoms with E-state index in [-0.39, 0.29) is 22.7 Å². The first-order valence-corrected chi connectivity index (χ1v) is 6.63. The Morgan fingerprint density at radius 1 is 1.24 bits per heavy atom. The molecular weight excluding hydrogens is 342 g/mol. The number of carboxylic acids is 1.